The van der Waals surface area contributed by atoms with E-state index in [9.17, 15) is 19.2 Å². The summed E-state index contributed by atoms with van der Waals surface area (Å²) in [6.07, 6.45) is 0. The van der Waals surface area contributed by atoms with Crippen LogP contribution in [-0.4, -0.2) is 27.5 Å². The van der Waals surface area contributed by atoms with Gasteiger partial charge in [-0.2, -0.15) is 0 Å². The first-order valence-corrected chi connectivity index (χ1v) is 14.9. The number of hydrogen-bond donors (Lipinski definition) is 1. The summed E-state index contributed by atoms with van der Waals surface area (Å²) in [5.74, 6) is -2.44. The molecule has 3 atom stereocenters. The first-order valence-electron chi connectivity index (χ1n) is 12.1. The minimum absolute atomic E-state index is 0.282. The van der Waals surface area contributed by atoms with Gasteiger partial charge >= 0.3 is 4.87 Å². The standard InChI is InChI=1S/C28H18Cl3N3O4S2/c29-15-8-6-14(7-9-15)21-22-23(26(37)34(25(22)36)17-4-2-1-3-5-17)39-27-24(21)40-28(38)33(27)13-20(35)32-16-10-11-18(30)19(31)12-16/h1-12,21-23H,13H2,(H,32,35)/t21-,22-,23+/m0/s1. The average Bonchev–Trinajstić information content (AvgIpc) is 3.38. The molecule has 1 saturated heterocycles. The Labute approximate surface area is 251 Å². The Hall–Kier alpha value is -3.08. The predicted octanol–water partition coefficient (Wildman–Crippen LogP) is 6.30. The summed E-state index contributed by atoms with van der Waals surface area (Å²) >= 11 is 20.3. The molecular weight excluding hydrogens is 613 g/mol. The van der Waals surface area contributed by atoms with Crippen molar-refractivity contribution >= 4 is 87.0 Å². The molecule has 202 valence electrons. The number of thiazole rings is 1. The number of halogens is 3. The molecule has 40 heavy (non-hydrogen) atoms. The van der Waals surface area contributed by atoms with Crippen LogP contribution in [0.4, 0.5) is 11.4 Å². The van der Waals surface area contributed by atoms with E-state index in [1.807, 2.05) is 6.07 Å². The molecule has 0 unspecified atom stereocenters. The number of hydrogen-bond acceptors (Lipinski definition) is 6. The lowest BCUT2D eigenvalue weighted by atomic mass is 9.83. The molecule has 1 N–H and O–H groups in total. The smallest absolute Gasteiger partial charge is 0.308 e. The summed E-state index contributed by atoms with van der Waals surface area (Å²) in [5, 5.41) is 3.60. The molecular formula is C28H18Cl3N3O4S2. The molecule has 0 bridgehead atoms. The van der Waals surface area contributed by atoms with Crippen LogP contribution in [-0.2, 0) is 20.9 Å². The molecule has 0 radical (unpaired) electrons. The van der Waals surface area contributed by atoms with Crippen molar-refractivity contribution < 1.29 is 14.4 Å². The van der Waals surface area contributed by atoms with E-state index in [0.29, 0.717) is 31.3 Å². The van der Waals surface area contributed by atoms with E-state index < -0.39 is 23.0 Å². The van der Waals surface area contributed by atoms with E-state index in [1.165, 1.54) is 15.5 Å². The van der Waals surface area contributed by atoms with Crippen LogP contribution in [0.15, 0.2) is 82.6 Å². The maximum atomic E-state index is 13.8. The third-order valence-corrected chi connectivity index (χ3v) is 10.4. The molecule has 7 nitrogen and oxygen atoms in total. The van der Waals surface area contributed by atoms with Gasteiger partial charge in [-0.05, 0) is 48.0 Å². The van der Waals surface area contributed by atoms with Gasteiger partial charge in [-0.15, -0.1) is 0 Å². The summed E-state index contributed by atoms with van der Waals surface area (Å²) in [6, 6.07) is 20.5. The first-order chi connectivity index (χ1) is 19.2. The Morgan fingerprint density at radius 2 is 1.60 bits per heavy atom. The van der Waals surface area contributed by atoms with Crippen LogP contribution in [0.2, 0.25) is 15.1 Å². The van der Waals surface area contributed by atoms with Gasteiger partial charge in [0.1, 0.15) is 11.8 Å². The van der Waals surface area contributed by atoms with Crippen LogP contribution in [0.3, 0.4) is 0 Å². The molecule has 3 heterocycles. The lowest BCUT2D eigenvalue weighted by molar-refractivity contribution is -0.122. The largest absolute Gasteiger partial charge is 0.324 e. The van der Waals surface area contributed by atoms with E-state index in [1.54, 1.807) is 60.7 Å². The van der Waals surface area contributed by atoms with E-state index >= 15 is 0 Å². The Morgan fingerprint density at radius 1 is 0.875 bits per heavy atom. The molecule has 3 aromatic carbocycles. The number of thioether (sulfide) groups is 1. The molecule has 2 aliphatic heterocycles. The zero-order chi connectivity index (χ0) is 28.1. The van der Waals surface area contributed by atoms with Gasteiger partial charge < -0.3 is 5.32 Å². The minimum atomic E-state index is -0.778. The van der Waals surface area contributed by atoms with E-state index in [0.717, 1.165) is 28.7 Å². The van der Waals surface area contributed by atoms with Crippen LogP contribution >= 0.6 is 57.9 Å². The number of benzene rings is 3. The van der Waals surface area contributed by atoms with Crippen LogP contribution in [0.1, 0.15) is 16.4 Å². The van der Waals surface area contributed by atoms with Crippen molar-refractivity contribution in [3.63, 3.8) is 0 Å². The van der Waals surface area contributed by atoms with Crippen molar-refractivity contribution in [3.8, 4) is 0 Å². The fourth-order valence-electron chi connectivity index (χ4n) is 5.03. The summed E-state index contributed by atoms with van der Waals surface area (Å²) in [4.78, 5) is 55.3. The number of aromatic nitrogens is 1. The molecule has 4 aromatic rings. The van der Waals surface area contributed by atoms with E-state index in [-0.39, 0.29) is 28.3 Å². The van der Waals surface area contributed by atoms with E-state index in [4.69, 9.17) is 34.8 Å². The second-order valence-corrected chi connectivity index (χ2v) is 12.6. The average molecular weight is 631 g/mol. The lowest BCUT2D eigenvalue weighted by Crippen LogP contribution is -2.33. The van der Waals surface area contributed by atoms with Crippen molar-refractivity contribution in [1.82, 2.24) is 4.57 Å². The monoisotopic (exact) mass is 629 g/mol. The zero-order valence-electron chi connectivity index (χ0n) is 20.3. The molecule has 0 spiro atoms. The van der Waals surface area contributed by atoms with Crippen molar-refractivity contribution in [2.24, 2.45) is 5.92 Å². The summed E-state index contributed by atoms with van der Waals surface area (Å²) in [6.45, 7) is -0.285. The topological polar surface area (TPSA) is 88.5 Å². The number of imide groups is 1. The van der Waals surface area contributed by atoms with Gasteiger partial charge in [0.15, 0.2) is 0 Å². The highest BCUT2D eigenvalue weighted by Crippen LogP contribution is 2.53. The van der Waals surface area contributed by atoms with Crippen molar-refractivity contribution in [3.05, 3.63) is 108 Å². The minimum Gasteiger partial charge on any atom is -0.324 e. The zero-order valence-corrected chi connectivity index (χ0v) is 24.2. The molecule has 6 rings (SSSR count). The number of anilines is 2. The van der Waals surface area contributed by atoms with Gasteiger partial charge in [0.2, 0.25) is 17.7 Å². The Balaban J connectivity index is 1.40. The number of amides is 3. The fourth-order valence-corrected chi connectivity index (χ4v) is 8.23. The number of fused-ring (bicyclic) bond motifs is 2. The Kier molecular flexibility index (Phi) is 7.27. The van der Waals surface area contributed by atoms with Crippen molar-refractivity contribution in [2.75, 3.05) is 10.2 Å². The number of carbonyl (C=O) groups is 3. The molecule has 3 amide bonds. The van der Waals surface area contributed by atoms with Crippen molar-refractivity contribution in [1.29, 1.82) is 0 Å². The van der Waals surface area contributed by atoms with Crippen LogP contribution in [0.25, 0.3) is 0 Å². The number of nitrogens with one attached hydrogen (secondary N) is 1. The molecule has 0 aliphatic carbocycles. The highest BCUT2D eigenvalue weighted by molar-refractivity contribution is 8.00. The third-order valence-electron chi connectivity index (χ3n) is 6.80. The number of nitrogens with zero attached hydrogens (tertiary/aromatic N) is 2. The van der Waals surface area contributed by atoms with Gasteiger partial charge in [-0.3, -0.25) is 23.7 Å². The molecule has 12 heteroatoms. The summed E-state index contributed by atoms with van der Waals surface area (Å²) < 4.78 is 1.36. The van der Waals surface area contributed by atoms with E-state index in [2.05, 4.69) is 5.32 Å². The molecule has 0 saturated carbocycles. The van der Waals surface area contributed by atoms with Gasteiger partial charge in [0.25, 0.3) is 0 Å². The van der Waals surface area contributed by atoms with Crippen molar-refractivity contribution in [2.45, 2.75) is 22.7 Å². The number of carbonyl (C=O) groups excluding carboxylic acids is 3. The summed E-state index contributed by atoms with van der Waals surface area (Å²) in [5.41, 5.74) is 1.67. The second kappa shape index (κ2) is 10.7. The highest BCUT2D eigenvalue weighted by Gasteiger charge is 2.56. The molecule has 1 aromatic heterocycles. The van der Waals surface area contributed by atoms with Crippen LogP contribution < -0.4 is 15.1 Å². The maximum absolute atomic E-state index is 13.8. The molecule has 1 fully saturated rings. The van der Waals surface area contributed by atoms with Crippen LogP contribution in [0.5, 0.6) is 0 Å². The SMILES string of the molecule is O=C(Cn1c2c(sc1=O)[C@@H](c1ccc(Cl)cc1)[C@@H]1C(=O)N(c3ccccc3)C(=O)[C@@H]1S2)Nc1ccc(Cl)c(Cl)c1. The number of rotatable bonds is 5. The van der Waals surface area contributed by atoms with Gasteiger partial charge in [0, 0.05) is 21.5 Å². The first kappa shape index (κ1) is 27.1. The highest BCUT2D eigenvalue weighted by atomic mass is 35.5. The predicted molar refractivity (Wildman–Crippen MR) is 159 cm³/mol. The Bertz CT molecular complexity index is 1720. The van der Waals surface area contributed by atoms with Gasteiger partial charge in [-0.25, -0.2) is 4.90 Å². The quantitative estimate of drug-likeness (QED) is 0.261. The lowest BCUT2D eigenvalue weighted by Gasteiger charge is -2.30. The Morgan fingerprint density at radius 3 is 2.30 bits per heavy atom. The molecule has 2 aliphatic rings. The third kappa shape index (κ3) is 4.76. The second-order valence-electron chi connectivity index (χ2n) is 9.24. The summed E-state index contributed by atoms with van der Waals surface area (Å²) in [7, 11) is 0. The van der Waals surface area contributed by atoms with Gasteiger partial charge in [-0.1, -0.05) is 88.2 Å². The van der Waals surface area contributed by atoms with Gasteiger partial charge in [0.05, 0.1) is 26.7 Å². The maximum Gasteiger partial charge on any atom is 0.308 e. The fraction of sp³-hybridized carbons (Fsp3) is 0.143. The number of para-hydroxylation sites is 1. The van der Waals surface area contributed by atoms with Crippen LogP contribution in [0, 0.1) is 5.92 Å². The normalized spacial score (nSPS) is 19.9.